The van der Waals surface area contributed by atoms with Crippen molar-refractivity contribution in [3.05, 3.63) is 64.9 Å². The van der Waals surface area contributed by atoms with Crippen LogP contribution in [0, 0.1) is 0 Å². The number of allylic oxidation sites excluding steroid dienone is 3. The van der Waals surface area contributed by atoms with Crippen molar-refractivity contribution in [2.75, 3.05) is 0 Å². The van der Waals surface area contributed by atoms with Crippen LogP contribution in [-0.2, 0) is 4.79 Å². The molecule has 3 rings (SSSR count). The third-order valence-electron chi connectivity index (χ3n) is 3.10. The molecule has 0 aromatic heterocycles. The molecule has 3 heteroatoms. The van der Waals surface area contributed by atoms with Gasteiger partial charge >= 0.3 is 5.97 Å². The monoisotopic (exact) mass is 237 g/mol. The standard InChI is InChI=1S/C15H11NO2/c17-15(18)12-8-11-6-3-5-10-4-1-2-7-13(10)14(11)16-9-12/h1-7,9H,8H2,(H,17,18). The van der Waals surface area contributed by atoms with Crippen LogP contribution in [0.3, 0.4) is 0 Å². The summed E-state index contributed by atoms with van der Waals surface area (Å²) in [5.41, 5.74) is 4.32. The van der Waals surface area contributed by atoms with Crippen LogP contribution < -0.4 is 0 Å². The number of hydrogen-bond acceptors (Lipinski definition) is 2. The van der Waals surface area contributed by atoms with Gasteiger partial charge in [-0.3, -0.25) is 4.99 Å². The molecule has 2 aliphatic rings. The second kappa shape index (κ2) is 4.11. The lowest BCUT2D eigenvalue weighted by molar-refractivity contribution is -0.132. The van der Waals surface area contributed by atoms with E-state index in [-0.39, 0.29) is 0 Å². The fraction of sp³-hybridized carbons (Fsp3) is 0.0667. The molecule has 88 valence electrons. The lowest BCUT2D eigenvalue weighted by Gasteiger charge is -2.15. The van der Waals surface area contributed by atoms with Gasteiger partial charge in [0.05, 0.1) is 11.3 Å². The number of carbonyl (C=O) groups is 1. The van der Waals surface area contributed by atoms with Crippen molar-refractivity contribution in [3.63, 3.8) is 0 Å². The van der Waals surface area contributed by atoms with Gasteiger partial charge in [0.15, 0.2) is 0 Å². The molecule has 0 spiro atoms. The van der Waals surface area contributed by atoms with E-state index in [9.17, 15) is 4.79 Å². The van der Waals surface area contributed by atoms with E-state index < -0.39 is 5.97 Å². The Morgan fingerprint density at radius 2 is 2.11 bits per heavy atom. The average Bonchev–Trinajstić information content (AvgIpc) is 2.57. The SMILES string of the molecule is O=C(O)C1=CN=C2C(=CC=Cc3ccccc32)C1. The second-order valence-corrected chi connectivity index (χ2v) is 4.25. The van der Waals surface area contributed by atoms with E-state index in [0.29, 0.717) is 12.0 Å². The molecule has 1 aromatic carbocycles. The molecule has 0 bridgehead atoms. The molecule has 1 aromatic rings. The van der Waals surface area contributed by atoms with Crippen LogP contribution >= 0.6 is 0 Å². The molecule has 0 atom stereocenters. The molecular weight excluding hydrogens is 226 g/mol. The fourth-order valence-corrected chi connectivity index (χ4v) is 2.20. The summed E-state index contributed by atoms with van der Waals surface area (Å²) in [7, 11) is 0. The Morgan fingerprint density at radius 3 is 2.94 bits per heavy atom. The first-order chi connectivity index (χ1) is 8.75. The molecule has 1 aliphatic heterocycles. The van der Waals surface area contributed by atoms with E-state index in [1.54, 1.807) is 0 Å². The molecule has 1 heterocycles. The first kappa shape index (κ1) is 10.7. The highest BCUT2D eigenvalue weighted by molar-refractivity contribution is 6.17. The Hall–Kier alpha value is -2.42. The molecule has 0 saturated carbocycles. The van der Waals surface area contributed by atoms with Crippen molar-refractivity contribution in [1.82, 2.24) is 0 Å². The number of aliphatic imine (C=N–C) groups is 1. The van der Waals surface area contributed by atoms with Gasteiger partial charge in [0.25, 0.3) is 0 Å². The van der Waals surface area contributed by atoms with Crippen LogP contribution in [0.15, 0.2) is 58.8 Å². The zero-order valence-electron chi connectivity index (χ0n) is 9.63. The largest absolute Gasteiger partial charge is 0.478 e. The molecule has 0 fully saturated rings. The van der Waals surface area contributed by atoms with Crippen molar-refractivity contribution in [1.29, 1.82) is 0 Å². The number of carboxylic acid groups (broad SMARTS) is 1. The molecule has 0 saturated heterocycles. The number of nitrogens with zero attached hydrogens (tertiary/aromatic N) is 1. The van der Waals surface area contributed by atoms with Crippen molar-refractivity contribution in [3.8, 4) is 0 Å². The first-order valence-corrected chi connectivity index (χ1v) is 5.73. The highest BCUT2D eigenvalue weighted by Crippen LogP contribution is 2.27. The maximum Gasteiger partial charge on any atom is 0.333 e. The topological polar surface area (TPSA) is 49.7 Å². The van der Waals surface area contributed by atoms with Gasteiger partial charge in [0.1, 0.15) is 0 Å². The highest BCUT2D eigenvalue weighted by Gasteiger charge is 2.21. The lowest BCUT2D eigenvalue weighted by Crippen LogP contribution is -2.13. The summed E-state index contributed by atoms with van der Waals surface area (Å²) in [5, 5.41) is 9.01. The van der Waals surface area contributed by atoms with Gasteiger partial charge in [-0.15, -0.1) is 0 Å². The van der Waals surface area contributed by atoms with E-state index in [4.69, 9.17) is 5.11 Å². The summed E-state index contributed by atoms with van der Waals surface area (Å²) in [5.74, 6) is -0.903. The summed E-state index contributed by atoms with van der Waals surface area (Å²) in [4.78, 5) is 15.3. The number of fused-ring (bicyclic) bond motifs is 3. The molecule has 1 N–H and O–H groups in total. The maximum atomic E-state index is 11.0. The van der Waals surface area contributed by atoms with Crippen molar-refractivity contribution < 1.29 is 9.90 Å². The molecule has 18 heavy (non-hydrogen) atoms. The van der Waals surface area contributed by atoms with Gasteiger partial charge in [-0.1, -0.05) is 42.5 Å². The van der Waals surface area contributed by atoms with Crippen LogP contribution in [0.2, 0.25) is 0 Å². The molecule has 0 unspecified atom stereocenters. The van der Waals surface area contributed by atoms with Crippen LogP contribution in [0.5, 0.6) is 0 Å². The van der Waals surface area contributed by atoms with Gasteiger partial charge in [-0.2, -0.15) is 0 Å². The number of carboxylic acids is 1. The molecule has 0 radical (unpaired) electrons. The Bertz CT molecular complexity index is 648. The number of benzene rings is 1. The second-order valence-electron chi connectivity index (χ2n) is 4.25. The summed E-state index contributed by atoms with van der Waals surface area (Å²) in [6, 6.07) is 7.99. The minimum absolute atomic E-state index is 0.331. The number of hydrogen-bond donors (Lipinski definition) is 1. The number of rotatable bonds is 1. The summed E-state index contributed by atoms with van der Waals surface area (Å²) < 4.78 is 0. The fourth-order valence-electron chi connectivity index (χ4n) is 2.20. The van der Waals surface area contributed by atoms with Gasteiger partial charge in [0, 0.05) is 18.2 Å². The molecular formula is C15H11NO2. The van der Waals surface area contributed by atoms with E-state index in [1.807, 2.05) is 42.5 Å². The van der Waals surface area contributed by atoms with Gasteiger partial charge in [0.2, 0.25) is 0 Å². The summed E-state index contributed by atoms with van der Waals surface area (Å²) in [6.45, 7) is 0. The van der Waals surface area contributed by atoms with Crippen LogP contribution in [0.4, 0.5) is 0 Å². The molecule has 3 nitrogen and oxygen atoms in total. The van der Waals surface area contributed by atoms with Gasteiger partial charge < -0.3 is 5.11 Å². The third-order valence-corrected chi connectivity index (χ3v) is 3.10. The molecule has 1 aliphatic carbocycles. The number of aliphatic carboxylic acids is 1. The maximum absolute atomic E-state index is 11.0. The normalized spacial score (nSPS) is 16.8. The first-order valence-electron chi connectivity index (χ1n) is 5.73. The quantitative estimate of drug-likeness (QED) is 0.816. The zero-order chi connectivity index (χ0) is 12.5. The Labute approximate surface area is 104 Å². The minimum Gasteiger partial charge on any atom is -0.478 e. The Balaban J connectivity index is 2.16. The lowest BCUT2D eigenvalue weighted by atomic mass is 9.93. The van der Waals surface area contributed by atoms with Crippen molar-refractivity contribution in [2.45, 2.75) is 6.42 Å². The van der Waals surface area contributed by atoms with Crippen LogP contribution in [-0.4, -0.2) is 16.8 Å². The van der Waals surface area contributed by atoms with E-state index >= 15 is 0 Å². The predicted molar refractivity (Wildman–Crippen MR) is 70.4 cm³/mol. The average molecular weight is 237 g/mol. The van der Waals surface area contributed by atoms with Crippen molar-refractivity contribution in [2.24, 2.45) is 4.99 Å². The minimum atomic E-state index is -0.903. The van der Waals surface area contributed by atoms with Crippen LogP contribution in [0.1, 0.15) is 17.5 Å². The summed E-state index contributed by atoms with van der Waals surface area (Å²) in [6.07, 6.45) is 7.78. The highest BCUT2D eigenvalue weighted by atomic mass is 16.4. The molecule has 0 amide bonds. The third kappa shape index (κ3) is 1.70. The van der Waals surface area contributed by atoms with Crippen LogP contribution in [0.25, 0.3) is 6.08 Å². The van der Waals surface area contributed by atoms with Gasteiger partial charge in [-0.25, -0.2) is 4.79 Å². The summed E-state index contributed by atoms with van der Waals surface area (Å²) >= 11 is 0. The Kier molecular flexibility index (Phi) is 2.45. The zero-order valence-corrected chi connectivity index (χ0v) is 9.63. The van der Waals surface area contributed by atoms with Crippen molar-refractivity contribution >= 4 is 17.8 Å². The predicted octanol–water partition coefficient (Wildman–Crippen LogP) is 2.80. The Morgan fingerprint density at radius 1 is 1.28 bits per heavy atom. The van der Waals surface area contributed by atoms with E-state index in [2.05, 4.69) is 4.99 Å². The smallest absolute Gasteiger partial charge is 0.333 e. The van der Waals surface area contributed by atoms with E-state index in [1.165, 1.54) is 6.20 Å². The van der Waals surface area contributed by atoms with E-state index in [0.717, 1.165) is 22.4 Å². The van der Waals surface area contributed by atoms with Gasteiger partial charge in [-0.05, 0) is 11.1 Å².